The van der Waals surface area contributed by atoms with Crippen molar-refractivity contribution in [1.82, 2.24) is 15.1 Å². The van der Waals surface area contributed by atoms with Gasteiger partial charge in [-0.25, -0.2) is 0 Å². The maximum atomic E-state index is 11.2. The van der Waals surface area contributed by atoms with Crippen molar-refractivity contribution in [2.45, 2.75) is 52.3 Å². The molecule has 1 atom stereocenters. The molecule has 4 rings (SSSR count). The average molecular weight is 647 g/mol. The number of aliphatic hydroxyl groups excluding tert-OH is 1. The zero-order valence-corrected chi connectivity index (χ0v) is 24.2. The van der Waals surface area contributed by atoms with E-state index in [2.05, 4.69) is 20.4 Å². The minimum absolute atomic E-state index is 0. The van der Waals surface area contributed by atoms with Crippen LogP contribution in [-0.2, 0) is 32.5 Å². The maximum absolute atomic E-state index is 11.2. The summed E-state index contributed by atoms with van der Waals surface area (Å²) < 4.78 is 10.1. The number of piperidine rings is 1. The Morgan fingerprint density at radius 3 is 2.21 bits per heavy atom. The van der Waals surface area contributed by atoms with Gasteiger partial charge < -0.3 is 39.8 Å². The van der Waals surface area contributed by atoms with Gasteiger partial charge in [0.1, 0.15) is 0 Å². The summed E-state index contributed by atoms with van der Waals surface area (Å²) in [5.41, 5.74) is 0.813. The number of amides is 1. The van der Waals surface area contributed by atoms with Gasteiger partial charge in [0.25, 0.3) is 0 Å². The Kier molecular flexibility index (Phi) is 15.7. The summed E-state index contributed by atoms with van der Waals surface area (Å²) in [6.07, 6.45) is 4.34. The van der Waals surface area contributed by atoms with Gasteiger partial charge in [0, 0.05) is 53.8 Å². The molecular formula is C25H43N4O4W-. The molecule has 3 saturated heterocycles. The number of piperazine rings is 1. The summed E-state index contributed by atoms with van der Waals surface area (Å²) in [5.74, 6) is 2.26. The van der Waals surface area contributed by atoms with Gasteiger partial charge in [0.15, 0.2) is 11.5 Å². The van der Waals surface area contributed by atoms with E-state index in [1.165, 1.54) is 32.5 Å². The summed E-state index contributed by atoms with van der Waals surface area (Å²) in [6.45, 7) is 12.2. The van der Waals surface area contributed by atoms with Gasteiger partial charge in [0.05, 0.1) is 26.7 Å². The molecule has 0 aliphatic carbocycles. The Balaban J connectivity index is 0.000000336. The largest absolute Gasteiger partial charge is 0.639 e. The summed E-state index contributed by atoms with van der Waals surface area (Å²) in [6, 6.07) is 5.31. The maximum Gasteiger partial charge on any atom is 0.161 e. The van der Waals surface area contributed by atoms with Crippen molar-refractivity contribution >= 4 is 5.91 Å². The standard InChI is InChI=1S/C14H26N4O.C9H12O3.C2H6.W/c19-14-2-1-13(16-14)18-7-3-12(4-8-18)11-17-9-5-15-6-10-17;1-11-8-4-3-7(6-10)5-9(8)12-2;1-2;/h12-13,15H,1-11H2,(H,16,19);3-5,10H,6H2,1-2H3;1-2H3;/p-1. The van der Waals surface area contributed by atoms with E-state index in [9.17, 15) is 4.79 Å². The number of hydrogen-bond donors (Lipinski definition) is 2. The van der Waals surface area contributed by atoms with Gasteiger partial charge in [-0.15, -0.1) is 0 Å². The second-order valence-electron chi connectivity index (χ2n) is 8.42. The first-order chi connectivity index (χ1) is 16.1. The topological polar surface area (TPSA) is 88.4 Å². The predicted octanol–water partition coefficient (Wildman–Crippen LogP) is 2.84. The molecule has 0 radical (unpaired) electrons. The van der Waals surface area contributed by atoms with Crippen LogP contribution in [0, 0.1) is 5.92 Å². The molecule has 1 unspecified atom stereocenters. The summed E-state index contributed by atoms with van der Waals surface area (Å²) in [4.78, 5) is 16.2. The van der Waals surface area contributed by atoms with Crippen molar-refractivity contribution in [3.63, 3.8) is 0 Å². The summed E-state index contributed by atoms with van der Waals surface area (Å²) in [7, 11) is 3.15. The monoisotopic (exact) mass is 647 g/mol. The van der Waals surface area contributed by atoms with E-state index in [0.29, 0.717) is 17.9 Å². The Bertz CT molecular complexity index is 695. The Morgan fingerprint density at radius 2 is 1.68 bits per heavy atom. The van der Waals surface area contributed by atoms with Crippen molar-refractivity contribution in [1.29, 1.82) is 0 Å². The molecule has 9 heteroatoms. The number of hydrogen-bond acceptors (Lipinski definition) is 7. The molecular weight excluding hydrogens is 604 g/mol. The molecule has 3 aliphatic heterocycles. The van der Waals surface area contributed by atoms with Crippen LogP contribution < -0.4 is 14.8 Å². The van der Waals surface area contributed by atoms with Crippen LogP contribution in [0.15, 0.2) is 18.2 Å². The van der Waals surface area contributed by atoms with E-state index >= 15 is 0 Å². The average Bonchev–Trinajstić information content (AvgIpc) is 3.32. The van der Waals surface area contributed by atoms with E-state index in [-0.39, 0.29) is 39.7 Å². The first-order valence-corrected chi connectivity index (χ1v) is 12.4. The van der Waals surface area contributed by atoms with Gasteiger partial charge in [-0.1, -0.05) is 26.1 Å². The van der Waals surface area contributed by atoms with Gasteiger partial charge in [-0.3, -0.25) is 0 Å². The van der Waals surface area contributed by atoms with E-state index in [4.69, 9.17) is 14.6 Å². The first-order valence-electron chi connectivity index (χ1n) is 12.4. The van der Waals surface area contributed by atoms with Crippen LogP contribution in [0.5, 0.6) is 11.5 Å². The third-order valence-electron chi connectivity index (χ3n) is 6.34. The van der Waals surface area contributed by atoms with E-state index in [1.807, 2.05) is 13.8 Å². The Hall–Kier alpha value is -1.18. The molecule has 2 N–H and O–H groups in total. The number of likely N-dealkylation sites (tertiary alicyclic amines) is 1. The van der Waals surface area contributed by atoms with Crippen LogP contribution in [0.3, 0.4) is 0 Å². The predicted molar refractivity (Wildman–Crippen MR) is 132 cm³/mol. The molecule has 3 heterocycles. The zero-order chi connectivity index (χ0) is 24.1. The number of aliphatic hydroxyl groups is 1. The molecule has 1 aromatic rings. The molecule has 3 fully saturated rings. The normalized spacial score (nSPS) is 21.2. The number of carbonyl (C=O) groups is 1. The minimum atomic E-state index is 0. The van der Waals surface area contributed by atoms with Crippen LogP contribution in [-0.4, -0.2) is 87.0 Å². The van der Waals surface area contributed by atoms with Crippen molar-refractivity contribution in [3.8, 4) is 11.5 Å². The van der Waals surface area contributed by atoms with Crippen molar-refractivity contribution in [3.05, 3.63) is 29.1 Å². The second-order valence-corrected chi connectivity index (χ2v) is 8.42. The van der Waals surface area contributed by atoms with E-state index < -0.39 is 0 Å². The SMILES string of the molecule is CC.COc1ccc(CO)cc1OC.O=C1CCC(N2CCC(CN3CCNCC3)CC2)[N-]1.[W]. The Morgan fingerprint density at radius 1 is 1.03 bits per heavy atom. The number of benzene rings is 1. The number of methoxy groups -OCH3 is 2. The van der Waals surface area contributed by atoms with Crippen molar-refractivity contribution in [2.24, 2.45) is 5.92 Å². The fourth-order valence-corrected chi connectivity index (χ4v) is 4.48. The van der Waals surface area contributed by atoms with Crippen LogP contribution in [0.2, 0.25) is 0 Å². The molecule has 0 saturated carbocycles. The van der Waals surface area contributed by atoms with Crippen molar-refractivity contribution in [2.75, 3.05) is 60.0 Å². The smallest absolute Gasteiger partial charge is 0.161 e. The molecule has 0 aromatic heterocycles. The van der Waals surface area contributed by atoms with Gasteiger partial charge >= 0.3 is 0 Å². The minimum Gasteiger partial charge on any atom is -0.639 e. The van der Waals surface area contributed by atoms with Crippen LogP contribution >= 0.6 is 0 Å². The third kappa shape index (κ3) is 9.82. The molecule has 194 valence electrons. The first kappa shape index (κ1) is 30.8. The fourth-order valence-electron chi connectivity index (χ4n) is 4.48. The van der Waals surface area contributed by atoms with Crippen molar-refractivity contribution < 1.29 is 40.4 Å². The molecule has 3 aliphatic rings. The van der Waals surface area contributed by atoms with E-state index in [1.54, 1.807) is 32.4 Å². The van der Waals surface area contributed by atoms with Gasteiger partial charge in [0.2, 0.25) is 0 Å². The van der Waals surface area contributed by atoms with Crippen LogP contribution in [0.25, 0.3) is 5.32 Å². The summed E-state index contributed by atoms with van der Waals surface area (Å²) in [5, 5.41) is 16.5. The molecule has 0 bridgehead atoms. The molecule has 0 spiro atoms. The number of ether oxygens (including phenoxy) is 2. The molecule has 8 nitrogen and oxygen atoms in total. The Labute approximate surface area is 220 Å². The third-order valence-corrected chi connectivity index (χ3v) is 6.34. The molecule has 1 aromatic carbocycles. The zero-order valence-electron chi connectivity index (χ0n) is 21.3. The van der Waals surface area contributed by atoms with Gasteiger partial charge in [-0.05, 0) is 62.4 Å². The fraction of sp³-hybridized carbons (Fsp3) is 0.720. The summed E-state index contributed by atoms with van der Waals surface area (Å²) >= 11 is 0. The van der Waals surface area contributed by atoms with E-state index in [0.717, 1.165) is 44.1 Å². The number of nitrogens with one attached hydrogen (secondary N) is 1. The number of rotatable bonds is 6. The molecule has 1 amide bonds. The number of nitrogens with zero attached hydrogens (tertiary/aromatic N) is 3. The second kappa shape index (κ2) is 17.3. The van der Waals surface area contributed by atoms with Gasteiger partial charge in [-0.2, -0.15) is 0 Å². The quantitative estimate of drug-likeness (QED) is 0.492. The van der Waals surface area contributed by atoms with Crippen LogP contribution in [0.4, 0.5) is 0 Å². The number of carbonyl (C=O) groups excluding carboxylic acids is 1. The van der Waals surface area contributed by atoms with Crippen LogP contribution in [0.1, 0.15) is 45.1 Å². The molecule has 34 heavy (non-hydrogen) atoms.